The quantitative estimate of drug-likeness (QED) is 0.357. The number of rotatable bonds is 16. The van der Waals surface area contributed by atoms with Crippen LogP contribution in [0.4, 0.5) is 0 Å². The van der Waals surface area contributed by atoms with Crippen LogP contribution in [0.25, 0.3) is 0 Å². The van der Waals surface area contributed by atoms with Gasteiger partial charge < -0.3 is 11.5 Å². The van der Waals surface area contributed by atoms with Gasteiger partial charge in [-0.15, -0.1) is 0 Å². The van der Waals surface area contributed by atoms with Gasteiger partial charge in [0.25, 0.3) is 0 Å². The van der Waals surface area contributed by atoms with E-state index >= 15 is 0 Å². The van der Waals surface area contributed by atoms with Crippen molar-refractivity contribution in [3.63, 3.8) is 0 Å². The van der Waals surface area contributed by atoms with Crippen LogP contribution in [-0.4, -0.2) is 12.5 Å². The Morgan fingerprint density at radius 2 is 0.957 bits per heavy atom. The third-order valence-corrected chi connectivity index (χ3v) is 4.08. The fourth-order valence-corrected chi connectivity index (χ4v) is 2.53. The first-order valence-electron chi connectivity index (χ1n) is 10.2. The van der Waals surface area contributed by atoms with Crippen LogP contribution in [0.3, 0.4) is 0 Å². The molecule has 0 fully saturated rings. The van der Waals surface area contributed by atoms with E-state index < -0.39 is 0 Å². The Morgan fingerprint density at radius 1 is 0.609 bits per heavy atom. The molecule has 0 aliphatic heterocycles. The fourth-order valence-electron chi connectivity index (χ4n) is 2.53. The van der Waals surface area contributed by atoms with E-state index in [1.807, 2.05) is 0 Å². The summed E-state index contributed by atoms with van der Waals surface area (Å²) in [5, 5.41) is 0. The van der Waals surface area contributed by atoms with Crippen LogP contribution in [0.5, 0.6) is 0 Å². The van der Waals surface area contributed by atoms with E-state index in [1.165, 1.54) is 83.5 Å². The molecular formula is C20H44N2O. The molecule has 0 aromatic carbocycles. The van der Waals surface area contributed by atoms with Crippen LogP contribution < -0.4 is 11.5 Å². The second-order valence-electron chi connectivity index (χ2n) is 6.60. The van der Waals surface area contributed by atoms with E-state index in [-0.39, 0.29) is 5.91 Å². The maximum atomic E-state index is 10.4. The Kier molecular flexibility index (Phi) is 25.4. The number of amides is 1. The largest absolute Gasteiger partial charge is 0.370 e. The number of primary amides is 1. The first-order valence-corrected chi connectivity index (χ1v) is 10.2. The van der Waals surface area contributed by atoms with Crippen LogP contribution in [0.2, 0.25) is 0 Å². The van der Waals surface area contributed by atoms with Gasteiger partial charge in [-0.3, -0.25) is 4.79 Å². The number of nitrogens with two attached hydrogens (primary N) is 2. The van der Waals surface area contributed by atoms with Gasteiger partial charge in [0.1, 0.15) is 0 Å². The molecule has 0 aromatic heterocycles. The molecule has 0 rings (SSSR count). The van der Waals surface area contributed by atoms with Crippen molar-refractivity contribution in [1.82, 2.24) is 0 Å². The molecule has 0 radical (unpaired) electrons. The first kappa shape index (κ1) is 24.7. The Hall–Kier alpha value is -0.570. The van der Waals surface area contributed by atoms with Gasteiger partial charge in [-0.25, -0.2) is 0 Å². The van der Waals surface area contributed by atoms with Crippen LogP contribution in [-0.2, 0) is 4.79 Å². The molecule has 140 valence electrons. The van der Waals surface area contributed by atoms with Gasteiger partial charge in [0.2, 0.25) is 5.91 Å². The van der Waals surface area contributed by atoms with E-state index in [2.05, 4.69) is 13.8 Å². The molecule has 0 saturated carbocycles. The van der Waals surface area contributed by atoms with Crippen LogP contribution >= 0.6 is 0 Å². The molecule has 23 heavy (non-hydrogen) atoms. The SMILES string of the molecule is CCCCCCCCCC(N)=O.CCCCCCCCCCN. The lowest BCUT2D eigenvalue weighted by molar-refractivity contribution is -0.118. The summed E-state index contributed by atoms with van der Waals surface area (Å²) in [6.07, 6.45) is 20.2. The molecule has 0 unspecified atom stereocenters. The van der Waals surface area contributed by atoms with Crippen LogP contribution in [0.1, 0.15) is 117 Å². The van der Waals surface area contributed by atoms with E-state index in [9.17, 15) is 4.79 Å². The Morgan fingerprint density at radius 3 is 1.30 bits per heavy atom. The van der Waals surface area contributed by atoms with Crippen molar-refractivity contribution < 1.29 is 4.79 Å². The summed E-state index contributed by atoms with van der Waals surface area (Å²) in [6, 6.07) is 0. The normalized spacial score (nSPS) is 10.2. The summed E-state index contributed by atoms with van der Waals surface area (Å²) >= 11 is 0. The van der Waals surface area contributed by atoms with Crippen molar-refractivity contribution in [2.75, 3.05) is 6.54 Å². The lowest BCUT2D eigenvalue weighted by Crippen LogP contribution is -2.09. The third kappa shape index (κ3) is 30.0. The van der Waals surface area contributed by atoms with Crippen molar-refractivity contribution in [2.24, 2.45) is 11.5 Å². The van der Waals surface area contributed by atoms with Crippen molar-refractivity contribution >= 4 is 5.91 Å². The molecule has 0 aliphatic carbocycles. The number of carbonyl (C=O) groups excluding carboxylic acids is 1. The molecule has 0 spiro atoms. The third-order valence-electron chi connectivity index (χ3n) is 4.08. The summed E-state index contributed by atoms with van der Waals surface area (Å²) < 4.78 is 0. The van der Waals surface area contributed by atoms with Crippen LogP contribution in [0.15, 0.2) is 0 Å². The minimum atomic E-state index is -0.163. The molecule has 3 nitrogen and oxygen atoms in total. The highest BCUT2D eigenvalue weighted by Gasteiger charge is 1.94. The van der Waals surface area contributed by atoms with E-state index in [4.69, 9.17) is 11.5 Å². The summed E-state index contributed by atoms with van der Waals surface area (Å²) in [5.74, 6) is -0.163. The smallest absolute Gasteiger partial charge is 0.217 e. The zero-order valence-electron chi connectivity index (χ0n) is 16.1. The summed E-state index contributed by atoms with van der Waals surface area (Å²) in [6.45, 7) is 5.34. The van der Waals surface area contributed by atoms with Gasteiger partial charge in [-0.1, -0.05) is 97.3 Å². The second-order valence-corrected chi connectivity index (χ2v) is 6.60. The molecule has 4 N–H and O–H groups in total. The summed E-state index contributed by atoms with van der Waals surface area (Å²) in [7, 11) is 0. The standard InChI is InChI=1S/C10H21NO.C10H23N/c1-2-3-4-5-6-7-8-9-10(11)12;1-2-3-4-5-6-7-8-9-10-11/h2-9H2,1H3,(H2,11,12);2-11H2,1H3. The molecule has 0 aromatic rings. The average Bonchev–Trinajstić information content (AvgIpc) is 2.54. The lowest BCUT2D eigenvalue weighted by Gasteiger charge is -1.99. The average molecular weight is 329 g/mol. The predicted octanol–water partition coefficient (Wildman–Crippen LogP) is 5.70. The van der Waals surface area contributed by atoms with Crippen molar-refractivity contribution in [3.8, 4) is 0 Å². The van der Waals surface area contributed by atoms with Crippen molar-refractivity contribution in [2.45, 2.75) is 117 Å². The van der Waals surface area contributed by atoms with Gasteiger partial charge in [-0.05, 0) is 19.4 Å². The number of hydrogen-bond donors (Lipinski definition) is 2. The number of unbranched alkanes of at least 4 members (excludes halogenated alkanes) is 13. The molecule has 0 saturated heterocycles. The van der Waals surface area contributed by atoms with Gasteiger partial charge in [0.15, 0.2) is 0 Å². The maximum absolute atomic E-state index is 10.4. The lowest BCUT2D eigenvalue weighted by atomic mass is 10.1. The van der Waals surface area contributed by atoms with E-state index in [1.54, 1.807) is 0 Å². The topological polar surface area (TPSA) is 69.1 Å². The number of carbonyl (C=O) groups is 1. The summed E-state index contributed by atoms with van der Waals surface area (Å²) in [4.78, 5) is 10.4. The Bertz CT molecular complexity index is 212. The molecule has 0 bridgehead atoms. The van der Waals surface area contributed by atoms with Crippen LogP contribution in [0, 0.1) is 0 Å². The van der Waals surface area contributed by atoms with Gasteiger partial charge in [0, 0.05) is 6.42 Å². The molecule has 0 atom stereocenters. The zero-order valence-corrected chi connectivity index (χ0v) is 16.1. The van der Waals surface area contributed by atoms with E-state index in [0.29, 0.717) is 6.42 Å². The zero-order chi connectivity index (χ0) is 17.6. The highest BCUT2D eigenvalue weighted by atomic mass is 16.1. The minimum Gasteiger partial charge on any atom is -0.370 e. The monoisotopic (exact) mass is 328 g/mol. The molecule has 0 aliphatic rings. The fraction of sp³-hybridized carbons (Fsp3) is 0.950. The molecule has 1 amide bonds. The second kappa shape index (κ2) is 23.7. The van der Waals surface area contributed by atoms with E-state index in [0.717, 1.165) is 19.4 Å². The minimum absolute atomic E-state index is 0.163. The van der Waals surface area contributed by atoms with Gasteiger partial charge in [-0.2, -0.15) is 0 Å². The number of hydrogen-bond acceptors (Lipinski definition) is 2. The van der Waals surface area contributed by atoms with Gasteiger partial charge >= 0.3 is 0 Å². The first-order chi connectivity index (χ1) is 11.2. The van der Waals surface area contributed by atoms with Crippen molar-refractivity contribution in [1.29, 1.82) is 0 Å². The Balaban J connectivity index is 0. The predicted molar refractivity (Wildman–Crippen MR) is 103 cm³/mol. The molecule has 0 heterocycles. The van der Waals surface area contributed by atoms with Crippen molar-refractivity contribution in [3.05, 3.63) is 0 Å². The highest BCUT2D eigenvalue weighted by Crippen LogP contribution is 2.08. The summed E-state index contributed by atoms with van der Waals surface area (Å²) in [5.41, 5.74) is 10.4. The Labute approximate surface area is 146 Å². The maximum Gasteiger partial charge on any atom is 0.217 e. The van der Waals surface area contributed by atoms with Gasteiger partial charge in [0.05, 0.1) is 0 Å². The highest BCUT2D eigenvalue weighted by molar-refractivity contribution is 5.73. The molecule has 3 heteroatoms. The molecular weight excluding hydrogens is 284 g/mol.